The van der Waals surface area contributed by atoms with Crippen LogP contribution in [-0.2, 0) is 13.0 Å². The van der Waals surface area contributed by atoms with Crippen LogP contribution in [0.2, 0.25) is 0 Å². The summed E-state index contributed by atoms with van der Waals surface area (Å²) in [7, 11) is 2.22. The highest BCUT2D eigenvalue weighted by atomic mass is 15.1. The van der Waals surface area contributed by atoms with E-state index in [1.54, 1.807) is 0 Å². The molecule has 0 atom stereocenters. The average Bonchev–Trinajstić information content (AvgIpc) is 2.41. The standard InChI is InChI=1S/C16H26N2/c1-3-15-6-4-5-7-16(15)13-17-12-14-8-10-18(2)11-9-14/h4-7,14,17H,3,8-13H2,1-2H3. The zero-order valence-corrected chi connectivity index (χ0v) is 11.8. The number of rotatable bonds is 5. The lowest BCUT2D eigenvalue weighted by atomic mass is 9.97. The van der Waals surface area contributed by atoms with Gasteiger partial charge in [0.15, 0.2) is 0 Å². The fourth-order valence-electron chi connectivity index (χ4n) is 2.75. The molecule has 0 amide bonds. The van der Waals surface area contributed by atoms with Crippen molar-refractivity contribution in [3.8, 4) is 0 Å². The van der Waals surface area contributed by atoms with Crippen LogP contribution in [-0.4, -0.2) is 31.6 Å². The number of piperidine rings is 1. The van der Waals surface area contributed by atoms with Crippen LogP contribution < -0.4 is 5.32 Å². The number of benzene rings is 1. The van der Waals surface area contributed by atoms with Gasteiger partial charge < -0.3 is 10.2 Å². The Bertz CT molecular complexity index is 354. The van der Waals surface area contributed by atoms with Gasteiger partial charge in [0, 0.05) is 6.54 Å². The molecule has 1 heterocycles. The van der Waals surface area contributed by atoms with Crippen molar-refractivity contribution in [2.75, 3.05) is 26.7 Å². The van der Waals surface area contributed by atoms with Crippen molar-refractivity contribution in [3.05, 3.63) is 35.4 Å². The zero-order chi connectivity index (χ0) is 12.8. The van der Waals surface area contributed by atoms with Crippen LogP contribution >= 0.6 is 0 Å². The van der Waals surface area contributed by atoms with Gasteiger partial charge in [-0.3, -0.25) is 0 Å². The van der Waals surface area contributed by atoms with Crippen LogP contribution in [0.15, 0.2) is 24.3 Å². The van der Waals surface area contributed by atoms with Gasteiger partial charge in [0.2, 0.25) is 0 Å². The molecule has 0 unspecified atom stereocenters. The lowest BCUT2D eigenvalue weighted by Gasteiger charge is -2.29. The number of hydrogen-bond donors (Lipinski definition) is 1. The second kappa shape index (κ2) is 6.91. The number of nitrogens with one attached hydrogen (secondary N) is 1. The molecule has 0 aromatic heterocycles. The van der Waals surface area contributed by atoms with Gasteiger partial charge in [-0.25, -0.2) is 0 Å². The van der Waals surface area contributed by atoms with E-state index in [9.17, 15) is 0 Å². The minimum atomic E-state index is 0.870. The van der Waals surface area contributed by atoms with Crippen molar-refractivity contribution in [1.29, 1.82) is 0 Å². The van der Waals surface area contributed by atoms with Gasteiger partial charge in [0.1, 0.15) is 0 Å². The zero-order valence-electron chi connectivity index (χ0n) is 11.8. The first-order valence-electron chi connectivity index (χ1n) is 7.25. The van der Waals surface area contributed by atoms with Crippen LogP contribution in [0.25, 0.3) is 0 Å². The van der Waals surface area contributed by atoms with E-state index < -0.39 is 0 Å². The van der Waals surface area contributed by atoms with E-state index in [-0.39, 0.29) is 0 Å². The van der Waals surface area contributed by atoms with Crippen LogP contribution in [0.5, 0.6) is 0 Å². The third kappa shape index (κ3) is 3.82. The Morgan fingerprint density at radius 2 is 1.83 bits per heavy atom. The molecular weight excluding hydrogens is 220 g/mol. The van der Waals surface area contributed by atoms with Crippen LogP contribution in [0.3, 0.4) is 0 Å². The Morgan fingerprint density at radius 3 is 2.50 bits per heavy atom. The predicted octanol–water partition coefficient (Wildman–Crippen LogP) is 2.68. The topological polar surface area (TPSA) is 15.3 Å². The van der Waals surface area contributed by atoms with Crippen LogP contribution in [0.4, 0.5) is 0 Å². The monoisotopic (exact) mass is 246 g/mol. The number of aryl methyl sites for hydroxylation is 1. The maximum atomic E-state index is 3.64. The lowest BCUT2D eigenvalue weighted by molar-refractivity contribution is 0.216. The Hall–Kier alpha value is -0.860. The SMILES string of the molecule is CCc1ccccc1CNCC1CCN(C)CC1. The van der Waals surface area contributed by atoms with Crippen molar-refractivity contribution < 1.29 is 0 Å². The summed E-state index contributed by atoms with van der Waals surface area (Å²) in [6.07, 6.45) is 3.82. The third-order valence-electron chi connectivity index (χ3n) is 4.09. The molecule has 1 fully saturated rings. The van der Waals surface area contributed by atoms with Crippen molar-refractivity contribution in [2.45, 2.75) is 32.7 Å². The minimum Gasteiger partial charge on any atom is -0.312 e. The Labute approximate surface area is 111 Å². The van der Waals surface area contributed by atoms with Crippen LogP contribution in [0, 0.1) is 5.92 Å². The molecule has 0 saturated carbocycles. The molecule has 1 aromatic rings. The van der Waals surface area contributed by atoms with Gasteiger partial charge in [0.25, 0.3) is 0 Å². The highest BCUT2D eigenvalue weighted by Gasteiger charge is 2.15. The van der Waals surface area contributed by atoms with Gasteiger partial charge >= 0.3 is 0 Å². The van der Waals surface area contributed by atoms with E-state index in [1.165, 1.54) is 43.6 Å². The van der Waals surface area contributed by atoms with Gasteiger partial charge in [0.05, 0.1) is 0 Å². The normalized spacial score (nSPS) is 18.1. The molecule has 1 N–H and O–H groups in total. The lowest BCUT2D eigenvalue weighted by Crippen LogP contribution is -2.34. The molecule has 0 spiro atoms. The fraction of sp³-hybridized carbons (Fsp3) is 0.625. The number of likely N-dealkylation sites (tertiary alicyclic amines) is 1. The summed E-state index contributed by atoms with van der Waals surface area (Å²) in [5.41, 5.74) is 2.95. The van der Waals surface area contributed by atoms with E-state index in [0.29, 0.717) is 0 Å². The molecular formula is C16H26N2. The van der Waals surface area contributed by atoms with Gasteiger partial charge in [-0.15, -0.1) is 0 Å². The molecule has 1 aromatic carbocycles. The van der Waals surface area contributed by atoms with Gasteiger partial charge in [-0.1, -0.05) is 31.2 Å². The van der Waals surface area contributed by atoms with E-state index in [2.05, 4.69) is 48.5 Å². The molecule has 18 heavy (non-hydrogen) atoms. The quantitative estimate of drug-likeness (QED) is 0.859. The molecule has 0 radical (unpaired) electrons. The van der Waals surface area contributed by atoms with Crippen molar-refractivity contribution in [3.63, 3.8) is 0 Å². The highest BCUT2D eigenvalue weighted by molar-refractivity contribution is 5.26. The molecule has 2 nitrogen and oxygen atoms in total. The molecule has 0 bridgehead atoms. The Morgan fingerprint density at radius 1 is 1.17 bits per heavy atom. The van der Waals surface area contributed by atoms with E-state index >= 15 is 0 Å². The molecule has 1 saturated heterocycles. The second-order valence-electron chi connectivity index (χ2n) is 5.50. The summed E-state index contributed by atoms with van der Waals surface area (Å²) >= 11 is 0. The summed E-state index contributed by atoms with van der Waals surface area (Å²) in [6.45, 7) is 6.95. The largest absolute Gasteiger partial charge is 0.312 e. The predicted molar refractivity (Wildman–Crippen MR) is 77.7 cm³/mol. The molecule has 100 valence electrons. The van der Waals surface area contributed by atoms with E-state index in [0.717, 1.165) is 18.9 Å². The van der Waals surface area contributed by atoms with Crippen molar-refractivity contribution >= 4 is 0 Å². The first kappa shape index (κ1) is 13.6. The van der Waals surface area contributed by atoms with E-state index in [4.69, 9.17) is 0 Å². The number of hydrogen-bond acceptors (Lipinski definition) is 2. The maximum absolute atomic E-state index is 3.64. The first-order valence-corrected chi connectivity index (χ1v) is 7.25. The van der Waals surface area contributed by atoms with Crippen LogP contribution in [0.1, 0.15) is 30.9 Å². The van der Waals surface area contributed by atoms with Crippen molar-refractivity contribution in [1.82, 2.24) is 10.2 Å². The summed E-state index contributed by atoms with van der Waals surface area (Å²) in [5.74, 6) is 0.870. The Balaban J connectivity index is 1.75. The summed E-state index contributed by atoms with van der Waals surface area (Å²) in [6, 6.07) is 8.78. The van der Waals surface area contributed by atoms with E-state index in [1.807, 2.05) is 0 Å². The molecule has 1 aliphatic rings. The van der Waals surface area contributed by atoms with Gasteiger partial charge in [-0.05, 0) is 63.0 Å². The fourth-order valence-corrected chi connectivity index (χ4v) is 2.75. The van der Waals surface area contributed by atoms with Crippen molar-refractivity contribution in [2.24, 2.45) is 5.92 Å². The molecule has 2 rings (SSSR count). The smallest absolute Gasteiger partial charge is 0.0208 e. The maximum Gasteiger partial charge on any atom is 0.0208 e. The molecule has 2 heteroatoms. The summed E-state index contributed by atoms with van der Waals surface area (Å²) in [5, 5.41) is 3.64. The second-order valence-corrected chi connectivity index (χ2v) is 5.50. The molecule has 1 aliphatic heterocycles. The minimum absolute atomic E-state index is 0.870. The number of nitrogens with zero attached hydrogens (tertiary/aromatic N) is 1. The average molecular weight is 246 g/mol. The highest BCUT2D eigenvalue weighted by Crippen LogP contribution is 2.15. The Kier molecular flexibility index (Phi) is 5.21. The molecule has 0 aliphatic carbocycles. The third-order valence-corrected chi connectivity index (χ3v) is 4.09. The first-order chi connectivity index (χ1) is 8.79. The summed E-state index contributed by atoms with van der Waals surface area (Å²) < 4.78 is 0. The summed E-state index contributed by atoms with van der Waals surface area (Å²) in [4.78, 5) is 2.43. The van der Waals surface area contributed by atoms with Gasteiger partial charge in [-0.2, -0.15) is 0 Å².